The van der Waals surface area contributed by atoms with Crippen LogP contribution in [0.25, 0.3) is 0 Å². The second kappa shape index (κ2) is 3.05. The summed E-state index contributed by atoms with van der Waals surface area (Å²) in [6, 6.07) is 0. The molecule has 2 atom stereocenters. The van der Waals surface area contributed by atoms with Gasteiger partial charge in [0.2, 0.25) is 0 Å². The lowest BCUT2D eigenvalue weighted by Gasteiger charge is -2.45. The van der Waals surface area contributed by atoms with E-state index in [-0.39, 0.29) is 0 Å². The SMILES string of the molecule is CCC1(C)CC(C)CC(C)(C)C1. The average molecular weight is 168 g/mol. The van der Waals surface area contributed by atoms with Crippen molar-refractivity contribution >= 4 is 0 Å². The fraction of sp³-hybridized carbons (Fsp3) is 1.00. The minimum atomic E-state index is 0.586. The van der Waals surface area contributed by atoms with E-state index in [1.54, 1.807) is 0 Å². The van der Waals surface area contributed by atoms with Crippen LogP contribution in [0, 0.1) is 16.7 Å². The Morgan fingerprint density at radius 2 is 1.75 bits per heavy atom. The average Bonchev–Trinajstić information content (AvgIpc) is 1.82. The fourth-order valence-electron chi connectivity index (χ4n) is 3.43. The summed E-state index contributed by atoms with van der Waals surface area (Å²) in [6.45, 7) is 12.1. The van der Waals surface area contributed by atoms with E-state index in [4.69, 9.17) is 0 Å². The van der Waals surface area contributed by atoms with E-state index in [0.717, 1.165) is 5.92 Å². The molecule has 1 aliphatic carbocycles. The minimum Gasteiger partial charge on any atom is -0.0649 e. The highest BCUT2D eigenvalue weighted by Gasteiger charge is 2.38. The van der Waals surface area contributed by atoms with Crippen LogP contribution in [0.15, 0.2) is 0 Å². The zero-order valence-corrected chi connectivity index (χ0v) is 9.41. The van der Waals surface area contributed by atoms with Gasteiger partial charge in [-0.2, -0.15) is 0 Å². The summed E-state index contributed by atoms with van der Waals surface area (Å²) >= 11 is 0. The third kappa shape index (κ3) is 2.24. The molecule has 2 unspecified atom stereocenters. The van der Waals surface area contributed by atoms with Gasteiger partial charge in [0, 0.05) is 0 Å². The van der Waals surface area contributed by atoms with E-state index in [1.807, 2.05) is 0 Å². The largest absolute Gasteiger partial charge is 0.0649 e. The van der Waals surface area contributed by atoms with Gasteiger partial charge < -0.3 is 0 Å². The van der Waals surface area contributed by atoms with Crippen molar-refractivity contribution in [1.82, 2.24) is 0 Å². The topological polar surface area (TPSA) is 0 Å². The number of rotatable bonds is 1. The van der Waals surface area contributed by atoms with E-state index < -0.39 is 0 Å². The van der Waals surface area contributed by atoms with Crippen molar-refractivity contribution < 1.29 is 0 Å². The highest BCUT2D eigenvalue weighted by molar-refractivity contribution is 4.89. The first kappa shape index (κ1) is 10.1. The molecule has 1 rings (SSSR count). The van der Waals surface area contributed by atoms with E-state index >= 15 is 0 Å². The van der Waals surface area contributed by atoms with E-state index in [9.17, 15) is 0 Å². The minimum absolute atomic E-state index is 0.586. The lowest BCUT2D eigenvalue weighted by atomic mass is 9.60. The molecule has 1 fully saturated rings. The van der Waals surface area contributed by atoms with Crippen molar-refractivity contribution in [2.24, 2.45) is 16.7 Å². The van der Waals surface area contributed by atoms with Crippen LogP contribution in [0.3, 0.4) is 0 Å². The number of hydrogen-bond acceptors (Lipinski definition) is 0. The van der Waals surface area contributed by atoms with Crippen molar-refractivity contribution in [3.05, 3.63) is 0 Å². The highest BCUT2D eigenvalue weighted by Crippen LogP contribution is 2.49. The van der Waals surface area contributed by atoms with Crippen LogP contribution in [0.5, 0.6) is 0 Å². The van der Waals surface area contributed by atoms with Crippen LogP contribution < -0.4 is 0 Å². The van der Waals surface area contributed by atoms with Gasteiger partial charge in [-0.25, -0.2) is 0 Å². The molecule has 0 aromatic rings. The maximum Gasteiger partial charge on any atom is -0.0321 e. The second-order valence-electron chi connectivity index (χ2n) is 6.02. The monoisotopic (exact) mass is 168 g/mol. The number of hydrogen-bond donors (Lipinski definition) is 0. The van der Waals surface area contributed by atoms with Gasteiger partial charge in [0.15, 0.2) is 0 Å². The smallest absolute Gasteiger partial charge is 0.0321 e. The molecule has 0 nitrogen and oxygen atoms in total. The van der Waals surface area contributed by atoms with E-state index in [2.05, 4.69) is 34.6 Å². The van der Waals surface area contributed by atoms with Gasteiger partial charge in [-0.05, 0) is 36.0 Å². The van der Waals surface area contributed by atoms with E-state index in [1.165, 1.54) is 25.7 Å². The Morgan fingerprint density at radius 3 is 2.17 bits per heavy atom. The molecular formula is C12H24. The summed E-state index contributed by atoms with van der Waals surface area (Å²) in [4.78, 5) is 0. The Morgan fingerprint density at radius 1 is 1.17 bits per heavy atom. The molecule has 0 amide bonds. The summed E-state index contributed by atoms with van der Waals surface area (Å²) in [7, 11) is 0. The van der Waals surface area contributed by atoms with Crippen LogP contribution in [-0.2, 0) is 0 Å². The van der Waals surface area contributed by atoms with Crippen molar-refractivity contribution in [3.8, 4) is 0 Å². The standard InChI is InChI=1S/C12H24/c1-6-12(5)8-10(2)7-11(3,4)9-12/h10H,6-9H2,1-5H3. The van der Waals surface area contributed by atoms with Crippen LogP contribution in [0.2, 0.25) is 0 Å². The Labute approximate surface area is 77.7 Å². The summed E-state index contributed by atoms with van der Waals surface area (Å²) in [5, 5.41) is 0. The van der Waals surface area contributed by atoms with Crippen molar-refractivity contribution in [2.45, 2.75) is 60.3 Å². The van der Waals surface area contributed by atoms with Gasteiger partial charge in [-0.3, -0.25) is 0 Å². The molecule has 72 valence electrons. The van der Waals surface area contributed by atoms with Gasteiger partial charge in [-0.15, -0.1) is 0 Å². The van der Waals surface area contributed by atoms with Crippen LogP contribution in [0.4, 0.5) is 0 Å². The highest BCUT2D eigenvalue weighted by atomic mass is 14.4. The van der Waals surface area contributed by atoms with Gasteiger partial charge in [0.05, 0.1) is 0 Å². The van der Waals surface area contributed by atoms with Crippen LogP contribution in [-0.4, -0.2) is 0 Å². The lowest BCUT2D eigenvalue weighted by molar-refractivity contribution is 0.0582. The predicted molar refractivity (Wildman–Crippen MR) is 55.2 cm³/mol. The molecule has 0 saturated heterocycles. The zero-order valence-electron chi connectivity index (χ0n) is 9.41. The molecule has 0 heterocycles. The maximum absolute atomic E-state index is 2.46. The maximum atomic E-state index is 2.46. The molecule has 0 spiro atoms. The third-order valence-electron chi connectivity index (χ3n) is 3.50. The first-order valence-corrected chi connectivity index (χ1v) is 5.37. The Bertz CT molecular complexity index is 157. The van der Waals surface area contributed by atoms with Crippen molar-refractivity contribution in [3.63, 3.8) is 0 Å². The molecule has 0 radical (unpaired) electrons. The molecule has 12 heavy (non-hydrogen) atoms. The second-order valence-corrected chi connectivity index (χ2v) is 6.02. The van der Waals surface area contributed by atoms with Gasteiger partial charge >= 0.3 is 0 Å². The van der Waals surface area contributed by atoms with Crippen molar-refractivity contribution in [2.75, 3.05) is 0 Å². The quantitative estimate of drug-likeness (QED) is 0.549. The van der Waals surface area contributed by atoms with Crippen LogP contribution >= 0.6 is 0 Å². The molecule has 0 aromatic heterocycles. The molecule has 1 saturated carbocycles. The first-order valence-electron chi connectivity index (χ1n) is 5.37. The Kier molecular flexibility index (Phi) is 2.56. The zero-order chi connectivity index (χ0) is 9.41. The van der Waals surface area contributed by atoms with Crippen LogP contribution in [0.1, 0.15) is 60.3 Å². The van der Waals surface area contributed by atoms with Gasteiger partial charge in [-0.1, -0.05) is 41.0 Å². The predicted octanol–water partition coefficient (Wildman–Crippen LogP) is 4.25. The molecule has 0 bridgehead atoms. The molecular weight excluding hydrogens is 144 g/mol. The van der Waals surface area contributed by atoms with Gasteiger partial charge in [0.25, 0.3) is 0 Å². The molecule has 0 heteroatoms. The molecule has 1 aliphatic rings. The van der Waals surface area contributed by atoms with E-state index in [0.29, 0.717) is 10.8 Å². The normalized spacial score (nSPS) is 41.2. The first-order chi connectivity index (χ1) is 5.37. The molecule has 0 N–H and O–H groups in total. The molecule has 0 aliphatic heterocycles. The van der Waals surface area contributed by atoms with Gasteiger partial charge in [0.1, 0.15) is 0 Å². The summed E-state index contributed by atoms with van der Waals surface area (Å²) < 4.78 is 0. The summed E-state index contributed by atoms with van der Waals surface area (Å²) in [5.41, 5.74) is 1.21. The summed E-state index contributed by atoms with van der Waals surface area (Å²) in [5.74, 6) is 0.929. The molecule has 0 aromatic carbocycles. The third-order valence-corrected chi connectivity index (χ3v) is 3.50. The fourth-order valence-corrected chi connectivity index (χ4v) is 3.43. The Balaban J connectivity index is 2.70. The van der Waals surface area contributed by atoms with Crippen molar-refractivity contribution in [1.29, 1.82) is 0 Å². The summed E-state index contributed by atoms with van der Waals surface area (Å²) in [6.07, 6.45) is 5.62. The Hall–Kier alpha value is 0. The lowest BCUT2D eigenvalue weighted by Crippen LogP contribution is -2.34.